The summed E-state index contributed by atoms with van der Waals surface area (Å²) in [6, 6.07) is 2.94. The van der Waals surface area contributed by atoms with E-state index in [-0.39, 0.29) is 11.7 Å². The fraction of sp³-hybridized carbons (Fsp3) is 0.519. The van der Waals surface area contributed by atoms with Gasteiger partial charge < -0.3 is 9.80 Å². The molecule has 6 rings (SSSR count). The summed E-state index contributed by atoms with van der Waals surface area (Å²) < 4.78 is 1.93. The Balaban J connectivity index is 1.23. The molecule has 0 N–H and O–H groups in total. The second kappa shape index (κ2) is 8.73. The minimum Gasteiger partial charge on any atom is -0.304 e. The molecule has 2 aromatic rings. The lowest BCUT2D eigenvalue weighted by atomic mass is 9.84. The molecule has 0 aromatic carbocycles. The Morgan fingerprint density at radius 1 is 1.12 bits per heavy atom. The highest BCUT2D eigenvalue weighted by Gasteiger charge is 2.35. The molecule has 7 heteroatoms. The minimum atomic E-state index is 0.0812. The number of carbonyl (C=O) groups is 1. The van der Waals surface area contributed by atoms with Crippen LogP contribution in [0.3, 0.4) is 0 Å². The second-order valence-corrected chi connectivity index (χ2v) is 11.7. The Bertz CT molecular complexity index is 1230. The Morgan fingerprint density at radius 3 is 2.62 bits per heavy atom. The summed E-state index contributed by atoms with van der Waals surface area (Å²) in [6.45, 7) is 8.72. The molecule has 178 valence electrons. The molecule has 1 amide bonds. The summed E-state index contributed by atoms with van der Waals surface area (Å²) >= 11 is 0. The molecule has 5 heterocycles. The van der Waals surface area contributed by atoms with Crippen molar-refractivity contribution in [3.63, 3.8) is 0 Å². The molecule has 6 nitrogen and oxygen atoms in total. The molecule has 2 aromatic heterocycles. The third-order valence-electron chi connectivity index (χ3n) is 8.06. The van der Waals surface area contributed by atoms with Crippen LogP contribution in [-0.4, -0.2) is 55.2 Å². The minimum absolute atomic E-state index is 0.0812. The summed E-state index contributed by atoms with van der Waals surface area (Å²) in [7, 11) is 0.493. The van der Waals surface area contributed by atoms with Crippen LogP contribution in [0.5, 0.6) is 0 Å². The molecule has 1 saturated carbocycles. The lowest BCUT2D eigenvalue weighted by Crippen LogP contribution is -2.45. The average Bonchev–Trinajstić information content (AvgIpc) is 3.22. The van der Waals surface area contributed by atoms with E-state index in [9.17, 15) is 4.79 Å². The van der Waals surface area contributed by atoms with E-state index >= 15 is 0 Å². The summed E-state index contributed by atoms with van der Waals surface area (Å²) in [5, 5.41) is 5.88. The molecule has 0 bridgehead atoms. The zero-order valence-corrected chi connectivity index (χ0v) is 21.4. The van der Waals surface area contributed by atoms with E-state index in [0.717, 1.165) is 40.4 Å². The van der Waals surface area contributed by atoms with Crippen LogP contribution in [-0.2, 0) is 11.2 Å². The Morgan fingerprint density at radius 2 is 1.91 bits per heavy atom. The molecular weight excluding hydrogens is 441 g/mol. The van der Waals surface area contributed by atoms with Crippen LogP contribution in [0.2, 0.25) is 0 Å². The van der Waals surface area contributed by atoms with Crippen LogP contribution >= 0.6 is 8.58 Å². The summed E-state index contributed by atoms with van der Waals surface area (Å²) in [5.41, 5.74) is 6.60. The third kappa shape index (κ3) is 3.85. The van der Waals surface area contributed by atoms with Gasteiger partial charge in [0, 0.05) is 23.6 Å². The highest BCUT2D eigenvalue weighted by Crippen LogP contribution is 2.47. The maximum atomic E-state index is 13.3. The third-order valence-corrected chi connectivity index (χ3v) is 9.78. The van der Waals surface area contributed by atoms with Gasteiger partial charge >= 0.3 is 0 Å². The van der Waals surface area contributed by atoms with Gasteiger partial charge in [0.2, 0.25) is 0 Å². The Kier molecular flexibility index (Phi) is 5.69. The van der Waals surface area contributed by atoms with Gasteiger partial charge in [0.15, 0.2) is 0 Å². The van der Waals surface area contributed by atoms with Gasteiger partial charge in [0.1, 0.15) is 0 Å². The Labute approximate surface area is 203 Å². The molecule has 0 spiro atoms. The Hall–Kier alpha value is -2.30. The van der Waals surface area contributed by atoms with Gasteiger partial charge in [-0.15, -0.1) is 0 Å². The van der Waals surface area contributed by atoms with E-state index in [1.54, 1.807) is 0 Å². The second-order valence-electron chi connectivity index (χ2n) is 10.3. The van der Waals surface area contributed by atoms with Gasteiger partial charge in [0.25, 0.3) is 5.91 Å². The van der Waals surface area contributed by atoms with Crippen LogP contribution in [0.4, 0.5) is 0 Å². The van der Waals surface area contributed by atoms with Crippen LogP contribution in [0.1, 0.15) is 63.0 Å². The van der Waals surface area contributed by atoms with Crippen LogP contribution < -0.4 is 0 Å². The maximum absolute atomic E-state index is 13.3. The van der Waals surface area contributed by atoms with Crippen molar-refractivity contribution in [3.05, 3.63) is 58.8 Å². The highest BCUT2D eigenvalue weighted by molar-refractivity contribution is 7.51. The molecular formula is C27H34N5OP. The van der Waals surface area contributed by atoms with E-state index < -0.39 is 0 Å². The van der Waals surface area contributed by atoms with E-state index in [1.165, 1.54) is 56.3 Å². The number of rotatable bonds is 4. The van der Waals surface area contributed by atoms with E-state index in [4.69, 9.17) is 5.10 Å². The first-order valence-electron chi connectivity index (χ1n) is 12.8. The zero-order chi connectivity index (χ0) is 23.4. The number of carbonyl (C=O) groups excluding carboxylic acids is 1. The van der Waals surface area contributed by atoms with Gasteiger partial charge in [-0.05, 0) is 82.2 Å². The molecule has 2 fully saturated rings. The quantitative estimate of drug-likeness (QED) is 0.591. The SMILES string of the molecule is CCc1nc(C)cn2nc(C3=CC(=O)N4C=C(C5CCN(C6CCC6)CC5)C=C(C)C4P3)cc12. The van der Waals surface area contributed by atoms with Crippen LogP contribution in [0.25, 0.3) is 10.8 Å². The lowest BCUT2D eigenvalue weighted by molar-refractivity contribution is -0.123. The number of fused-ring (bicyclic) bond motifs is 2. The molecule has 2 atom stereocenters. The number of likely N-dealkylation sites (tertiary alicyclic amines) is 1. The monoisotopic (exact) mass is 475 g/mol. The standard InChI is InChI=1S/C27H34N5OP/c1-4-22-24-13-23(29-32(24)15-18(3)28-22)25-14-26(33)31-16-20(12-17(2)27(31)34-25)19-8-10-30(11-9-19)21-6-5-7-21/h12-16,19,21,27,34H,4-11H2,1-3H3. The van der Waals surface area contributed by atoms with Gasteiger partial charge in [-0.25, -0.2) is 4.52 Å². The van der Waals surface area contributed by atoms with Gasteiger partial charge in [-0.2, -0.15) is 5.10 Å². The number of amides is 1. The molecule has 34 heavy (non-hydrogen) atoms. The summed E-state index contributed by atoms with van der Waals surface area (Å²) in [4.78, 5) is 22.7. The van der Waals surface area contributed by atoms with Gasteiger partial charge in [-0.3, -0.25) is 9.78 Å². The van der Waals surface area contributed by atoms with Crippen LogP contribution in [0, 0.1) is 12.8 Å². The number of piperidine rings is 1. The van der Waals surface area contributed by atoms with Gasteiger partial charge in [0.05, 0.1) is 34.6 Å². The first-order valence-corrected chi connectivity index (χ1v) is 13.9. The molecule has 3 aliphatic heterocycles. The molecule has 1 aliphatic carbocycles. The number of hydrogen-bond donors (Lipinski definition) is 0. The van der Waals surface area contributed by atoms with Crippen molar-refractivity contribution in [1.29, 1.82) is 0 Å². The fourth-order valence-corrected chi connectivity index (χ4v) is 7.32. The number of nitrogens with zero attached hydrogens (tertiary/aromatic N) is 5. The number of allylic oxidation sites excluding steroid dienone is 2. The normalized spacial score (nSPS) is 25.3. The smallest absolute Gasteiger partial charge is 0.252 e. The van der Waals surface area contributed by atoms with Crippen molar-refractivity contribution in [2.45, 2.75) is 71.1 Å². The highest BCUT2D eigenvalue weighted by atomic mass is 31.1. The summed E-state index contributed by atoms with van der Waals surface area (Å²) in [6.07, 6.45) is 15.8. The molecule has 2 unspecified atom stereocenters. The van der Waals surface area contributed by atoms with E-state index in [1.807, 2.05) is 28.6 Å². The van der Waals surface area contributed by atoms with Crippen molar-refractivity contribution in [2.75, 3.05) is 13.1 Å². The fourth-order valence-electron chi connectivity index (χ4n) is 5.89. The van der Waals surface area contributed by atoms with Crippen molar-refractivity contribution >= 4 is 25.3 Å². The molecule has 0 radical (unpaired) electrons. The van der Waals surface area contributed by atoms with E-state index in [2.05, 4.69) is 42.1 Å². The first-order chi connectivity index (χ1) is 16.5. The number of hydrogen-bond acceptors (Lipinski definition) is 4. The van der Waals surface area contributed by atoms with Crippen LogP contribution in [0.15, 0.2) is 41.8 Å². The average molecular weight is 476 g/mol. The van der Waals surface area contributed by atoms with Crippen molar-refractivity contribution in [2.24, 2.45) is 5.92 Å². The van der Waals surface area contributed by atoms with Gasteiger partial charge in [-0.1, -0.05) is 28.0 Å². The van der Waals surface area contributed by atoms with Crippen molar-refractivity contribution < 1.29 is 4.79 Å². The predicted molar refractivity (Wildman–Crippen MR) is 138 cm³/mol. The van der Waals surface area contributed by atoms with Crippen molar-refractivity contribution in [3.8, 4) is 0 Å². The number of aromatic nitrogens is 3. The lowest BCUT2D eigenvalue weighted by Gasteiger charge is -2.43. The first kappa shape index (κ1) is 22.2. The zero-order valence-electron chi connectivity index (χ0n) is 20.4. The predicted octanol–water partition coefficient (Wildman–Crippen LogP) is 4.90. The molecule has 1 saturated heterocycles. The maximum Gasteiger partial charge on any atom is 0.252 e. The van der Waals surface area contributed by atoms with Crippen molar-refractivity contribution in [1.82, 2.24) is 24.4 Å². The summed E-state index contributed by atoms with van der Waals surface area (Å²) in [5.74, 6) is 0.759. The largest absolute Gasteiger partial charge is 0.304 e. The topological polar surface area (TPSA) is 53.7 Å². The number of aryl methyl sites for hydroxylation is 2. The molecule has 4 aliphatic rings. The van der Waals surface area contributed by atoms with E-state index in [0.29, 0.717) is 14.5 Å².